The van der Waals surface area contributed by atoms with Gasteiger partial charge in [0.2, 0.25) is 0 Å². The van der Waals surface area contributed by atoms with Gasteiger partial charge in [-0.1, -0.05) is 11.6 Å². The Morgan fingerprint density at radius 1 is 1.50 bits per heavy atom. The van der Waals surface area contributed by atoms with Gasteiger partial charge in [-0.05, 0) is 53.4 Å². The van der Waals surface area contributed by atoms with Crippen LogP contribution in [0.3, 0.4) is 0 Å². The highest BCUT2D eigenvalue weighted by molar-refractivity contribution is 9.10. The van der Waals surface area contributed by atoms with Crippen LogP contribution in [0.1, 0.15) is 18.9 Å². The SMILES string of the molecule is CC1CCc2cc(Cl)cc(Br)c2N1.Cl. The van der Waals surface area contributed by atoms with Crippen molar-refractivity contribution in [1.29, 1.82) is 0 Å². The van der Waals surface area contributed by atoms with Crippen molar-refractivity contribution in [2.45, 2.75) is 25.8 Å². The van der Waals surface area contributed by atoms with Crippen LogP contribution in [0.2, 0.25) is 5.02 Å². The summed E-state index contributed by atoms with van der Waals surface area (Å²) in [5, 5.41) is 4.26. The summed E-state index contributed by atoms with van der Waals surface area (Å²) in [6.45, 7) is 2.20. The Kier molecular flexibility index (Phi) is 4.11. The van der Waals surface area contributed by atoms with Gasteiger partial charge in [0.15, 0.2) is 0 Å². The van der Waals surface area contributed by atoms with Gasteiger partial charge in [-0.3, -0.25) is 0 Å². The average molecular weight is 297 g/mol. The van der Waals surface area contributed by atoms with Crippen molar-refractivity contribution in [1.82, 2.24) is 0 Å². The van der Waals surface area contributed by atoms with E-state index in [1.807, 2.05) is 12.1 Å². The molecule has 14 heavy (non-hydrogen) atoms. The Morgan fingerprint density at radius 3 is 2.93 bits per heavy atom. The van der Waals surface area contributed by atoms with Crippen molar-refractivity contribution < 1.29 is 0 Å². The van der Waals surface area contributed by atoms with E-state index >= 15 is 0 Å². The second-order valence-corrected chi connectivity index (χ2v) is 4.80. The normalized spacial score (nSPS) is 19.2. The third-order valence-corrected chi connectivity index (χ3v) is 3.22. The Morgan fingerprint density at radius 2 is 2.21 bits per heavy atom. The molecule has 0 aliphatic carbocycles. The first-order chi connectivity index (χ1) is 6.16. The average Bonchev–Trinajstić information content (AvgIpc) is 2.06. The molecule has 0 saturated heterocycles. The molecule has 0 radical (unpaired) electrons. The highest BCUT2D eigenvalue weighted by Crippen LogP contribution is 2.34. The van der Waals surface area contributed by atoms with E-state index in [4.69, 9.17) is 11.6 Å². The fourth-order valence-electron chi connectivity index (χ4n) is 1.68. The van der Waals surface area contributed by atoms with Crippen LogP contribution in [0.4, 0.5) is 5.69 Å². The number of benzene rings is 1. The lowest BCUT2D eigenvalue weighted by atomic mass is 9.99. The summed E-state index contributed by atoms with van der Waals surface area (Å²) in [4.78, 5) is 0. The third-order valence-electron chi connectivity index (χ3n) is 2.37. The van der Waals surface area contributed by atoms with Crippen molar-refractivity contribution in [3.8, 4) is 0 Å². The molecule has 1 aromatic rings. The summed E-state index contributed by atoms with van der Waals surface area (Å²) >= 11 is 9.47. The van der Waals surface area contributed by atoms with Crippen molar-refractivity contribution in [3.05, 3.63) is 27.2 Å². The zero-order valence-electron chi connectivity index (χ0n) is 7.81. The monoisotopic (exact) mass is 295 g/mol. The van der Waals surface area contributed by atoms with Gasteiger partial charge in [-0.2, -0.15) is 0 Å². The number of hydrogen-bond donors (Lipinski definition) is 1. The van der Waals surface area contributed by atoms with Crippen LogP contribution < -0.4 is 5.32 Å². The first-order valence-electron chi connectivity index (χ1n) is 4.41. The molecule has 1 aliphatic heterocycles. The molecule has 0 aromatic heterocycles. The number of aryl methyl sites for hydroxylation is 1. The highest BCUT2D eigenvalue weighted by Gasteiger charge is 2.16. The molecular weight excluding hydrogens is 285 g/mol. The Bertz CT molecular complexity index is 341. The van der Waals surface area contributed by atoms with Crippen LogP contribution in [0.25, 0.3) is 0 Å². The van der Waals surface area contributed by atoms with Crippen molar-refractivity contribution >= 4 is 45.6 Å². The largest absolute Gasteiger partial charge is 0.381 e. The minimum atomic E-state index is 0. The molecule has 0 spiro atoms. The van der Waals surface area contributed by atoms with Crippen LogP contribution in [0.5, 0.6) is 0 Å². The maximum atomic E-state index is 5.96. The lowest BCUT2D eigenvalue weighted by Crippen LogP contribution is -2.22. The molecule has 1 heterocycles. The molecule has 0 amide bonds. The van der Waals surface area contributed by atoms with Gasteiger partial charge in [0, 0.05) is 15.5 Å². The van der Waals surface area contributed by atoms with Crippen molar-refractivity contribution in [3.63, 3.8) is 0 Å². The van der Waals surface area contributed by atoms with Crippen LogP contribution in [0.15, 0.2) is 16.6 Å². The number of anilines is 1. The Balaban J connectivity index is 0.000000980. The standard InChI is InChI=1S/C10H11BrClN.ClH/c1-6-2-3-7-4-8(12)5-9(11)10(7)13-6;/h4-6,13H,2-3H2,1H3;1H. The van der Waals surface area contributed by atoms with E-state index in [9.17, 15) is 0 Å². The van der Waals surface area contributed by atoms with Crippen LogP contribution in [-0.4, -0.2) is 6.04 Å². The first-order valence-corrected chi connectivity index (χ1v) is 5.58. The molecule has 1 atom stereocenters. The maximum absolute atomic E-state index is 5.96. The third kappa shape index (κ3) is 2.36. The van der Waals surface area contributed by atoms with E-state index in [1.165, 1.54) is 17.7 Å². The molecule has 0 saturated carbocycles. The number of rotatable bonds is 0. The quantitative estimate of drug-likeness (QED) is 0.754. The first kappa shape index (κ1) is 12.2. The summed E-state index contributed by atoms with van der Waals surface area (Å²) in [5.41, 5.74) is 2.53. The molecular formula is C10H12BrCl2N. The van der Waals surface area contributed by atoms with Gasteiger partial charge in [0.05, 0.1) is 5.69 Å². The number of hydrogen-bond acceptors (Lipinski definition) is 1. The lowest BCUT2D eigenvalue weighted by Gasteiger charge is -2.25. The molecule has 1 nitrogen and oxygen atoms in total. The minimum absolute atomic E-state index is 0. The molecule has 1 N–H and O–H groups in total. The lowest BCUT2D eigenvalue weighted by molar-refractivity contribution is 0.680. The van der Waals surface area contributed by atoms with Gasteiger partial charge in [-0.15, -0.1) is 12.4 Å². The molecule has 78 valence electrons. The number of halogens is 3. The highest BCUT2D eigenvalue weighted by atomic mass is 79.9. The summed E-state index contributed by atoms with van der Waals surface area (Å²) < 4.78 is 1.07. The summed E-state index contributed by atoms with van der Waals surface area (Å²) in [6, 6.07) is 4.54. The van der Waals surface area contributed by atoms with Gasteiger partial charge in [0.25, 0.3) is 0 Å². The summed E-state index contributed by atoms with van der Waals surface area (Å²) in [5.74, 6) is 0. The smallest absolute Gasteiger partial charge is 0.0520 e. The summed E-state index contributed by atoms with van der Waals surface area (Å²) in [6.07, 6.45) is 2.29. The van der Waals surface area contributed by atoms with Crippen molar-refractivity contribution in [2.75, 3.05) is 5.32 Å². The Labute approximate surface area is 104 Å². The maximum Gasteiger partial charge on any atom is 0.0520 e. The fourth-order valence-corrected chi connectivity index (χ4v) is 2.66. The fraction of sp³-hybridized carbons (Fsp3) is 0.400. The molecule has 0 fully saturated rings. The molecule has 2 rings (SSSR count). The second-order valence-electron chi connectivity index (χ2n) is 3.51. The number of fused-ring (bicyclic) bond motifs is 1. The van der Waals surface area contributed by atoms with E-state index < -0.39 is 0 Å². The van der Waals surface area contributed by atoms with Gasteiger partial charge < -0.3 is 5.32 Å². The van der Waals surface area contributed by atoms with Crippen LogP contribution >= 0.6 is 39.9 Å². The molecule has 1 aliphatic rings. The topological polar surface area (TPSA) is 12.0 Å². The number of nitrogens with one attached hydrogen (secondary N) is 1. The van der Waals surface area contributed by atoms with E-state index in [-0.39, 0.29) is 12.4 Å². The molecule has 0 bridgehead atoms. The zero-order chi connectivity index (χ0) is 9.42. The predicted octanol–water partition coefficient (Wildman–Crippen LogP) is 4.27. The van der Waals surface area contributed by atoms with Crippen molar-refractivity contribution in [2.24, 2.45) is 0 Å². The predicted molar refractivity (Wildman–Crippen MR) is 67.8 cm³/mol. The van der Waals surface area contributed by atoms with Gasteiger partial charge in [0.1, 0.15) is 0 Å². The van der Waals surface area contributed by atoms with Gasteiger partial charge >= 0.3 is 0 Å². The zero-order valence-corrected chi connectivity index (χ0v) is 11.0. The van der Waals surface area contributed by atoms with Crippen LogP contribution in [-0.2, 0) is 6.42 Å². The molecule has 4 heteroatoms. The molecule has 1 unspecified atom stereocenters. The van der Waals surface area contributed by atoms with Crippen LogP contribution in [0, 0.1) is 0 Å². The van der Waals surface area contributed by atoms with E-state index in [1.54, 1.807) is 0 Å². The minimum Gasteiger partial charge on any atom is -0.381 e. The van der Waals surface area contributed by atoms with E-state index in [0.29, 0.717) is 6.04 Å². The summed E-state index contributed by atoms with van der Waals surface area (Å²) in [7, 11) is 0. The Hall–Kier alpha value is 0.0800. The molecule has 1 aromatic carbocycles. The van der Waals surface area contributed by atoms with Gasteiger partial charge in [-0.25, -0.2) is 0 Å². The van der Waals surface area contributed by atoms with E-state index in [0.717, 1.165) is 15.9 Å². The van der Waals surface area contributed by atoms with E-state index in [2.05, 4.69) is 28.2 Å². The second kappa shape index (κ2) is 4.73.